The number of rotatable bonds is 3. The van der Waals surface area contributed by atoms with Crippen LogP contribution in [0.4, 0.5) is 5.69 Å². The normalized spacial score (nSPS) is 14.2. The van der Waals surface area contributed by atoms with Crippen LogP contribution in [0, 0.1) is 0 Å². The Morgan fingerprint density at radius 3 is 2.36 bits per heavy atom. The zero-order chi connectivity index (χ0) is 15.6. The van der Waals surface area contributed by atoms with Gasteiger partial charge in [-0.2, -0.15) is 0 Å². The molecule has 0 saturated heterocycles. The summed E-state index contributed by atoms with van der Waals surface area (Å²) in [5.74, 6) is 0.999. The van der Waals surface area contributed by atoms with Gasteiger partial charge in [-0.3, -0.25) is 4.72 Å². The summed E-state index contributed by atoms with van der Waals surface area (Å²) >= 11 is 5.79. The van der Waals surface area contributed by atoms with Crippen molar-refractivity contribution in [2.24, 2.45) is 0 Å². The molecule has 1 heterocycles. The molecule has 22 heavy (non-hydrogen) atoms. The van der Waals surface area contributed by atoms with Crippen molar-refractivity contribution in [2.75, 3.05) is 17.9 Å². The highest BCUT2D eigenvalue weighted by Gasteiger charge is 2.18. The highest BCUT2D eigenvalue weighted by Crippen LogP contribution is 2.32. The van der Waals surface area contributed by atoms with Crippen molar-refractivity contribution in [1.29, 1.82) is 0 Å². The third kappa shape index (κ3) is 3.28. The van der Waals surface area contributed by atoms with Gasteiger partial charge in [-0.25, -0.2) is 8.42 Å². The molecule has 2 aromatic rings. The van der Waals surface area contributed by atoms with Crippen LogP contribution < -0.4 is 14.2 Å². The van der Waals surface area contributed by atoms with Gasteiger partial charge in [0, 0.05) is 23.2 Å². The summed E-state index contributed by atoms with van der Waals surface area (Å²) in [5, 5.41) is 0.540. The third-order valence-corrected chi connectivity index (χ3v) is 4.76. The number of nitrogens with one attached hydrogen (secondary N) is 1. The highest BCUT2D eigenvalue weighted by atomic mass is 35.5. The van der Waals surface area contributed by atoms with E-state index in [2.05, 4.69) is 4.72 Å². The molecule has 1 aliphatic rings. The summed E-state index contributed by atoms with van der Waals surface area (Å²) in [6, 6.07) is 11.0. The summed E-state index contributed by atoms with van der Waals surface area (Å²) in [6.45, 7) is 1.06. The average Bonchev–Trinajstić information content (AvgIpc) is 2.74. The monoisotopic (exact) mass is 339 g/mol. The van der Waals surface area contributed by atoms with Crippen molar-refractivity contribution in [3.8, 4) is 11.5 Å². The molecule has 0 spiro atoms. The largest absolute Gasteiger partial charge is 0.490 e. The predicted octanol–water partition coefficient (Wildman–Crippen LogP) is 3.30. The summed E-state index contributed by atoms with van der Waals surface area (Å²) in [7, 11) is -3.70. The quantitative estimate of drug-likeness (QED) is 0.931. The summed E-state index contributed by atoms with van der Waals surface area (Å²) in [6.07, 6.45) is 0.764. The molecule has 5 nitrogen and oxygen atoms in total. The van der Waals surface area contributed by atoms with Gasteiger partial charge in [0.1, 0.15) is 0 Å². The Morgan fingerprint density at radius 1 is 0.955 bits per heavy atom. The second-order valence-corrected chi connectivity index (χ2v) is 6.89. The van der Waals surface area contributed by atoms with Crippen molar-refractivity contribution in [1.82, 2.24) is 0 Å². The molecule has 1 N–H and O–H groups in total. The second-order valence-electron chi connectivity index (χ2n) is 4.77. The van der Waals surface area contributed by atoms with E-state index >= 15 is 0 Å². The fourth-order valence-corrected chi connectivity index (χ4v) is 3.24. The van der Waals surface area contributed by atoms with Crippen LogP contribution in [0.25, 0.3) is 0 Å². The maximum atomic E-state index is 12.4. The van der Waals surface area contributed by atoms with Gasteiger partial charge in [-0.05, 0) is 36.4 Å². The number of halogens is 1. The van der Waals surface area contributed by atoms with Gasteiger partial charge >= 0.3 is 0 Å². The first-order valence-corrected chi connectivity index (χ1v) is 8.59. The van der Waals surface area contributed by atoms with E-state index in [-0.39, 0.29) is 4.90 Å². The van der Waals surface area contributed by atoms with Crippen LogP contribution in [0.3, 0.4) is 0 Å². The van der Waals surface area contributed by atoms with Gasteiger partial charge in [0.2, 0.25) is 0 Å². The van der Waals surface area contributed by atoms with E-state index in [1.165, 1.54) is 12.1 Å². The minimum absolute atomic E-state index is 0.117. The van der Waals surface area contributed by atoms with Crippen molar-refractivity contribution < 1.29 is 17.9 Å². The molecule has 1 aliphatic heterocycles. The molecule has 0 fully saturated rings. The van der Waals surface area contributed by atoms with Crippen LogP contribution in [0.1, 0.15) is 6.42 Å². The van der Waals surface area contributed by atoms with Gasteiger partial charge in [0.05, 0.1) is 18.1 Å². The first kappa shape index (κ1) is 15.0. The summed E-state index contributed by atoms with van der Waals surface area (Å²) in [5.41, 5.74) is 0.441. The number of anilines is 1. The number of benzene rings is 2. The molecule has 2 aromatic carbocycles. The standard InChI is InChI=1S/C15H14ClNO4S/c16-11-2-4-12(5-3-11)17-22(18,19)13-6-7-14-15(10-13)21-9-1-8-20-14/h2-7,10,17H,1,8-9H2. The van der Waals surface area contributed by atoms with Crippen LogP contribution in [-0.2, 0) is 10.0 Å². The fraction of sp³-hybridized carbons (Fsp3) is 0.200. The van der Waals surface area contributed by atoms with E-state index in [0.717, 1.165) is 6.42 Å². The van der Waals surface area contributed by atoms with Gasteiger partial charge in [-0.1, -0.05) is 11.6 Å². The third-order valence-electron chi connectivity index (χ3n) is 3.13. The zero-order valence-corrected chi connectivity index (χ0v) is 13.2. The Morgan fingerprint density at radius 2 is 1.64 bits per heavy atom. The minimum Gasteiger partial charge on any atom is -0.490 e. The van der Waals surface area contributed by atoms with Crippen LogP contribution in [0.5, 0.6) is 11.5 Å². The predicted molar refractivity (Wildman–Crippen MR) is 84.3 cm³/mol. The Hall–Kier alpha value is -1.92. The van der Waals surface area contributed by atoms with Crippen molar-refractivity contribution >= 4 is 27.3 Å². The van der Waals surface area contributed by atoms with Gasteiger partial charge in [0.25, 0.3) is 10.0 Å². The maximum Gasteiger partial charge on any atom is 0.262 e. The Balaban J connectivity index is 1.88. The molecule has 0 bridgehead atoms. The highest BCUT2D eigenvalue weighted by molar-refractivity contribution is 7.92. The number of hydrogen-bond donors (Lipinski definition) is 1. The molecule has 116 valence electrons. The molecule has 0 amide bonds. The van der Waals surface area contributed by atoms with E-state index < -0.39 is 10.0 Å². The van der Waals surface area contributed by atoms with E-state index in [1.807, 2.05) is 0 Å². The Kier molecular flexibility index (Phi) is 4.13. The first-order chi connectivity index (χ1) is 10.5. The van der Waals surface area contributed by atoms with E-state index in [4.69, 9.17) is 21.1 Å². The molecule has 0 aliphatic carbocycles. The SMILES string of the molecule is O=S(=O)(Nc1ccc(Cl)cc1)c1ccc2c(c1)OCCCO2. The molecule has 7 heteroatoms. The fourth-order valence-electron chi connectivity index (χ4n) is 2.04. The average molecular weight is 340 g/mol. The van der Waals surface area contributed by atoms with Crippen molar-refractivity contribution in [3.05, 3.63) is 47.5 Å². The smallest absolute Gasteiger partial charge is 0.262 e. The van der Waals surface area contributed by atoms with E-state index in [9.17, 15) is 8.42 Å². The molecule has 3 rings (SSSR count). The van der Waals surface area contributed by atoms with Crippen molar-refractivity contribution in [2.45, 2.75) is 11.3 Å². The Bertz CT molecular complexity index is 775. The van der Waals surface area contributed by atoms with Crippen LogP contribution in [0.2, 0.25) is 5.02 Å². The second kappa shape index (κ2) is 6.06. The molecule has 0 aromatic heterocycles. The van der Waals surface area contributed by atoms with Crippen LogP contribution in [-0.4, -0.2) is 21.6 Å². The lowest BCUT2D eigenvalue weighted by Gasteiger charge is -2.11. The Labute approximate surface area is 133 Å². The number of hydrogen-bond acceptors (Lipinski definition) is 4. The van der Waals surface area contributed by atoms with Crippen LogP contribution in [0.15, 0.2) is 47.4 Å². The molecule has 0 unspecified atom stereocenters. The topological polar surface area (TPSA) is 64.6 Å². The van der Waals surface area contributed by atoms with Crippen LogP contribution >= 0.6 is 11.6 Å². The molecule has 0 saturated carbocycles. The maximum absolute atomic E-state index is 12.4. The number of ether oxygens (including phenoxy) is 2. The molecule has 0 radical (unpaired) electrons. The number of sulfonamides is 1. The molecular formula is C15H14ClNO4S. The lowest BCUT2D eigenvalue weighted by atomic mass is 10.3. The van der Waals surface area contributed by atoms with Crippen molar-refractivity contribution in [3.63, 3.8) is 0 Å². The zero-order valence-electron chi connectivity index (χ0n) is 11.6. The minimum atomic E-state index is -3.70. The first-order valence-electron chi connectivity index (χ1n) is 6.73. The number of fused-ring (bicyclic) bond motifs is 1. The van der Waals surface area contributed by atoms with E-state index in [1.54, 1.807) is 30.3 Å². The summed E-state index contributed by atoms with van der Waals surface area (Å²) in [4.78, 5) is 0.117. The lowest BCUT2D eigenvalue weighted by molar-refractivity contribution is 0.297. The van der Waals surface area contributed by atoms with E-state index in [0.29, 0.717) is 35.4 Å². The van der Waals surface area contributed by atoms with Gasteiger partial charge in [-0.15, -0.1) is 0 Å². The molecular weight excluding hydrogens is 326 g/mol. The van der Waals surface area contributed by atoms with Gasteiger partial charge < -0.3 is 9.47 Å². The van der Waals surface area contributed by atoms with Gasteiger partial charge in [0.15, 0.2) is 11.5 Å². The molecule has 0 atom stereocenters. The lowest BCUT2D eigenvalue weighted by Crippen LogP contribution is -2.13. The summed E-state index contributed by atoms with van der Waals surface area (Å²) < 4.78 is 38.3.